The van der Waals surface area contributed by atoms with Gasteiger partial charge in [0.2, 0.25) is 0 Å². The van der Waals surface area contributed by atoms with E-state index in [-0.39, 0.29) is 11.6 Å². The van der Waals surface area contributed by atoms with Crippen LogP contribution in [0.1, 0.15) is 24.1 Å². The second kappa shape index (κ2) is 6.44. The van der Waals surface area contributed by atoms with Crippen LogP contribution >= 0.6 is 23.2 Å². The number of fused-ring (bicyclic) bond motifs is 1. The lowest BCUT2D eigenvalue weighted by Gasteiger charge is -2.35. The molecule has 2 aromatic rings. The first kappa shape index (κ1) is 17.6. The van der Waals surface area contributed by atoms with Gasteiger partial charge in [0.15, 0.2) is 0 Å². The molecular formula is C18H20Cl2N4O2. The summed E-state index contributed by atoms with van der Waals surface area (Å²) in [6.07, 6.45) is 2.07. The molecule has 1 saturated carbocycles. The van der Waals surface area contributed by atoms with Gasteiger partial charge in [-0.25, -0.2) is 9.48 Å². The zero-order chi connectivity index (χ0) is 18.5. The Morgan fingerprint density at radius 3 is 2.77 bits per heavy atom. The van der Waals surface area contributed by atoms with Crippen LogP contribution in [0.15, 0.2) is 18.2 Å². The van der Waals surface area contributed by atoms with Gasteiger partial charge in [0.05, 0.1) is 33.6 Å². The van der Waals surface area contributed by atoms with Gasteiger partial charge in [0.1, 0.15) is 5.82 Å². The minimum Gasteiger partial charge on any atom is -0.373 e. The number of hydrogen-bond donors (Lipinski definition) is 2. The van der Waals surface area contributed by atoms with E-state index >= 15 is 0 Å². The Morgan fingerprint density at radius 1 is 1.35 bits per heavy atom. The van der Waals surface area contributed by atoms with E-state index in [1.807, 2.05) is 19.9 Å². The highest BCUT2D eigenvalue weighted by atomic mass is 35.5. The van der Waals surface area contributed by atoms with E-state index in [4.69, 9.17) is 27.9 Å². The molecule has 0 radical (unpaired) electrons. The summed E-state index contributed by atoms with van der Waals surface area (Å²) in [5.41, 5.74) is 2.29. The monoisotopic (exact) mass is 394 g/mol. The van der Waals surface area contributed by atoms with E-state index < -0.39 is 0 Å². The van der Waals surface area contributed by atoms with E-state index in [0.717, 1.165) is 36.4 Å². The molecule has 0 atom stereocenters. The first-order valence-corrected chi connectivity index (χ1v) is 9.33. The third-order valence-electron chi connectivity index (χ3n) is 5.26. The summed E-state index contributed by atoms with van der Waals surface area (Å²) in [5.74, 6) is 1.27. The second-order valence-electron chi connectivity index (χ2n) is 7.15. The predicted molar refractivity (Wildman–Crippen MR) is 101 cm³/mol. The number of carbonyl (C=O) groups excluding carboxylic acids is 1. The third kappa shape index (κ3) is 3.06. The van der Waals surface area contributed by atoms with Crippen LogP contribution in [-0.2, 0) is 4.74 Å². The average molecular weight is 395 g/mol. The van der Waals surface area contributed by atoms with Crippen molar-refractivity contribution in [2.24, 2.45) is 5.92 Å². The number of ether oxygens (including phenoxy) is 1. The number of aryl methyl sites for hydroxylation is 1. The van der Waals surface area contributed by atoms with Crippen LogP contribution in [-0.4, -0.2) is 34.6 Å². The maximum atomic E-state index is 12.4. The molecule has 2 amide bonds. The number of anilines is 1. The molecule has 0 unspecified atom stereocenters. The van der Waals surface area contributed by atoms with Crippen LogP contribution in [0.2, 0.25) is 10.0 Å². The first-order chi connectivity index (χ1) is 12.4. The normalized spacial score (nSPS) is 23.6. The van der Waals surface area contributed by atoms with Crippen LogP contribution in [0.5, 0.6) is 0 Å². The average Bonchev–Trinajstić information content (AvgIpc) is 3.25. The molecule has 2 saturated heterocycles. The van der Waals surface area contributed by atoms with E-state index in [0.29, 0.717) is 28.3 Å². The van der Waals surface area contributed by atoms with Gasteiger partial charge < -0.3 is 10.1 Å². The molecule has 3 fully saturated rings. The molecule has 1 aromatic heterocycles. The Balaban J connectivity index is 1.52. The minimum atomic E-state index is -0.275. The van der Waals surface area contributed by atoms with Crippen LogP contribution in [0.3, 0.4) is 0 Å². The molecule has 2 bridgehead atoms. The number of nitrogens with zero attached hydrogens (tertiary/aromatic N) is 2. The van der Waals surface area contributed by atoms with Gasteiger partial charge in [0, 0.05) is 12.1 Å². The predicted octanol–water partition coefficient (Wildman–Crippen LogP) is 4.10. The summed E-state index contributed by atoms with van der Waals surface area (Å²) in [7, 11) is 0. The Kier molecular flexibility index (Phi) is 4.37. The van der Waals surface area contributed by atoms with Crippen molar-refractivity contribution < 1.29 is 9.53 Å². The molecular weight excluding hydrogens is 375 g/mol. The number of rotatable bonds is 4. The number of carbonyl (C=O) groups is 1. The van der Waals surface area contributed by atoms with Gasteiger partial charge in [-0.05, 0) is 50.8 Å². The van der Waals surface area contributed by atoms with Gasteiger partial charge in [-0.2, -0.15) is 5.10 Å². The fraction of sp³-hybridized carbons (Fsp3) is 0.444. The number of benzene rings is 1. The maximum absolute atomic E-state index is 12.4. The molecule has 0 spiro atoms. The molecule has 3 heterocycles. The Bertz CT molecular complexity index is 869. The van der Waals surface area contributed by atoms with Crippen LogP contribution in [0, 0.1) is 19.8 Å². The van der Waals surface area contributed by atoms with Crippen molar-refractivity contribution in [2.45, 2.75) is 32.3 Å². The molecule has 1 aliphatic carbocycles. The Hall–Kier alpha value is -1.76. The highest BCUT2D eigenvalue weighted by molar-refractivity contribution is 6.42. The van der Waals surface area contributed by atoms with Crippen molar-refractivity contribution in [3.8, 4) is 5.69 Å². The van der Waals surface area contributed by atoms with Crippen LogP contribution in [0.4, 0.5) is 10.6 Å². The maximum Gasteiger partial charge on any atom is 0.320 e. The molecule has 3 aliphatic rings. The zero-order valence-electron chi connectivity index (χ0n) is 14.6. The number of urea groups is 1. The summed E-state index contributed by atoms with van der Waals surface area (Å²) in [5, 5.41) is 11.2. The first-order valence-electron chi connectivity index (χ1n) is 8.57. The van der Waals surface area contributed by atoms with Gasteiger partial charge in [-0.3, -0.25) is 5.32 Å². The number of halogens is 2. The molecule has 5 rings (SSSR count). The molecule has 6 nitrogen and oxygen atoms in total. The van der Waals surface area contributed by atoms with E-state index in [2.05, 4.69) is 15.7 Å². The summed E-state index contributed by atoms with van der Waals surface area (Å²) >= 11 is 12.1. The lowest BCUT2D eigenvalue weighted by atomic mass is 9.74. The Labute approximate surface area is 161 Å². The summed E-state index contributed by atoms with van der Waals surface area (Å²) in [4.78, 5) is 12.4. The lowest BCUT2D eigenvalue weighted by Crippen LogP contribution is -2.48. The minimum absolute atomic E-state index is 0.156. The Morgan fingerprint density at radius 2 is 2.12 bits per heavy atom. The number of nitrogens with one attached hydrogen (secondary N) is 2. The molecule has 2 aliphatic heterocycles. The van der Waals surface area contributed by atoms with E-state index in [9.17, 15) is 4.79 Å². The van der Waals surface area contributed by atoms with Crippen molar-refractivity contribution in [3.63, 3.8) is 0 Å². The lowest BCUT2D eigenvalue weighted by molar-refractivity contribution is 0.00545. The largest absolute Gasteiger partial charge is 0.373 e. The molecule has 2 N–H and O–H groups in total. The van der Waals surface area contributed by atoms with E-state index in [1.165, 1.54) is 0 Å². The summed E-state index contributed by atoms with van der Waals surface area (Å²) < 4.78 is 7.44. The molecule has 138 valence electrons. The fourth-order valence-electron chi connectivity index (χ4n) is 3.67. The fourth-order valence-corrected chi connectivity index (χ4v) is 3.96. The number of aromatic nitrogens is 2. The highest BCUT2D eigenvalue weighted by Crippen LogP contribution is 2.47. The summed E-state index contributed by atoms with van der Waals surface area (Å²) in [6, 6.07) is 4.96. The van der Waals surface area contributed by atoms with Crippen LogP contribution < -0.4 is 10.6 Å². The number of amides is 2. The smallest absolute Gasteiger partial charge is 0.320 e. The quantitative estimate of drug-likeness (QED) is 0.819. The molecule has 1 aromatic carbocycles. The van der Waals surface area contributed by atoms with Gasteiger partial charge in [-0.15, -0.1) is 0 Å². The zero-order valence-corrected chi connectivity index (χ0v) is 16.1. The van der Waals surface area contributed by atoms with Crippen LogP contribution in [0.25, 0.3) is 5.69 Å². The van der Waals surface area contributed by atoms with Crippen molar-refractivity contribution in [3.05, 3.63) is 39.5 Å². The van der Waals surface area contributed by atoms with Crippen molar-refractivity contribution in [1.82, 2.24) is 15.1 Å². The topological polar surface area (TPSA) is 68.2 Å². The van der Waals surface area contributed by atoms with Crippen molar-refractivity contribution in [1.29, 1.82) is 0 Å². The third-order valence-corrected chi connectivity index (χ3v) is 6.00. The highest BCUT2D eigenvalue weighted by Gasteiger charge is 2.51. The molecule has 8 heteroatoms. The van der Waals surface area contributed by atoms with Gasteiger partial charge in [0.25, 0.3) is 0 Å². The van der Waals surface area contributed by atoms with E-state index in [1.54, 1.807) is 16.8 Å². The number of hydrogen-bond acceptors (Lipinski definition) is 3. The standard InChI is InChI=1S/C18H20Cl2N4O2/c1-10-11(2)23-24(13-3-4-14(19)15(20)5-13)16(10)22-17(25)21-9-18-6-12(7-18)8-26-18/h3-5,12H,6-9H2,1-2H3,(H2,21,22,25). The van der Waals surface area contributed by atoms with Gasteiger partial charge >= 0.3 is 6.03 Å². The van der Waals surface area contributed by atoms with Crippen molar-refractivity contribution in [2.75, 3.05) is 18.5 Å². The second-order valence-corrected chi connectivity index (χ2v) is 7.96. The summed E-state index contributed by atoms with van der Waals surface area (Å²) in [6.45, 7) is 5.15. The van der Waals surface area contributed by atoms with Crippen molar-refractivity contribution >= 4 is 35.1 Å². The van der Waals surface area contributed by atoms with Gasteiger partial charge in [-0.1, -0.05) is 23.2 Å². The molecule has 26 heavy (non-hydrogen) atoms. The SMILES string of the molecule is Cc1nn(-c2ccc(Cl)c(Cl)c2)c(NC(=O)NCC23CC(CO2)C3)c1C.